The lowest BCUT2D eigenvalue weighted by Gasteiger charge is -2.08. The highest BCUT2D eigenvalue weighted by atomic mass is 19.1. The van der Waals surface area contributed by atoms with Gasteiger partial charge in [-0.15, -0.1) is 0 Å². The van der Waals surface area contributed by atoms with Gasteiger partial charge in [-0.25, -0.2) is 4.39 Å². The average molecular weight is 291 g/mol. The fourth-order valence-electron chi connectivity index (χ4n) is 1.68. The van der Waals surface area contributed by atoms with Gasteiger partial charge in [0.2, 0.25) is 0 Å². The summed E-state index contributed by atoms with van der Waals surface area (Å²) < 4.78 is 18.0. The van der Waals surface area contributed by atoms with Gasteiger partial charge in [0.05, 0.1) is 18.5 Å². The molecule has 1 aliphatic rings. The van der Waals surface area contributed by atoms with E-state index in [4.69, 9.17) is 10.6 Å². The largest absolute Gasteiger partial charge is 0.364 e. The van der Waals surface area contributed by atoms with Crippen molar-refractivity contribution in [3.05, 3.63) is 60.3 Å². The molecule has 0 spiro atoms. The molecule has 0 bridgehead atoms. The molecule has 0 aromatic carbocycles. The van der Waals surface area contributed by atoms with Crippen molar-refractivity contribution in [3.63, 3.8) is 0 Å². The standard InChI is InChI=1S/C16H22FN3O/c1-13-10-15(11-19-12-16(13)20-18)21-9-7-5-3-4-6-8-14(2)17/h5-8,10-12,15,20H,2-4,9,18H2,1H3/b7-5-,8-6-. The second-order valence-electron chi connectivity index (χ2n) is 4.53. The molecule has 0 aromatic rings. The molecule has 3 N–H and O–H groups in total. The Morgan fingerprint density at radius 1 is 1.48 bits per heavy atom. The number of nitrogens with one attached hydrogen (secondary N) is 1. The fraction of sp³-hybridized carbons (Fsp3) is 0.312. The smallest absolute Gasteiger partial charge is 0.115 e. The van der Waals surface area contributed by atoms with E-state index in [9.17, 15) is 4.39 Å². The van der Waals surface area contributed by atoms with E-state index in [0.717, 1.165) is 24.1 Å². The van der Waals surface area contributed by atoms with Crippen LogP contribution in [0, 0.1) is 0 Å². The van der Waals surface area contributed by atoms with Crippen molar-refractivity contribution >= 4 is 6.21 Å². The van der Waals surface area contributed by atoms with Crippen LogP contribution in [0.15, 0.2) is 65.2 Å². The molecule has 1 rings (SSSR count). The number of halogens is 1. The van der Waals surface area contributed by atoms with Crippen LogP contribution in [0.25, 0.3) is 0 Å². The summed E-state index contributed by atoms with van der Waals surface area (Å²) in [5.41, 5.74) is 4.35. The van der Waals surface area contributed by atoms with Crippen molar-refractivity contribution < 1.29 is 9.13 Å². The molecule has 114 valence electrons. The third kappa shape index (κ3) is 7.39. The Labute approximate surface area is 125 Å². The highest BCUT2D eigenvalue weighted by molar-refractivity contribution is 5.68. The maximum atomic E-state index is 12.3. The molecule has 1 unspecified atom stereocenters. The van der Waals surface area contributed by atoms with Gasteiger partial charge in [0, 0.05) is 6.21 Å². The van der Waals surface area contributed by atoms with Crippen LogP contribution in [0.4, 0.5) is 4.39 Å². The number of unbranched alkanes of at least 4 members (excludes halogenated alkanes) is 1. The molecule has 4 nitrogen and oxygen atoms in total. The van der Waals surface area contributed by atoms with Crippen LogP contribution in [-0.4, -0.2) is 18.9 Å². The summed E-state index contributed by atoms with van der Waals surface area (Å²) in [6.07, 6.45) is 13.8. The van der Waals surface area contributed by atoms with Gasteiger partial charge in [-0.2, -0.15) is 0 Å². The quantitative estimate of drug-likeness (QED) is 0.237. The van der Waals surface area contributed by atoms with Crippen molar-refractivity contribution in [2.24, 2.45) is 10.8 Å². The van der Waals surface area contributed by atoms with Crippen molar-refractivity contribution in [2.75, 3.05) is 6.61 Å². The van der Waals surface area contributed by atoms with Gasteiger partial charge in [0.25, 0.3) is 0 Å². The van der Waals surface area contributed by atoms with Gasteiger partial charge in [-0.3, -0.25) is 10.8 Å². The molecule has 0 amide bonds. The lowest BCUT2D eigenvalue weighted by Crippen LogP contribution is -2.22. The molecule has 0 aliphatic carbocycles. The van der Waals surface area contributed by atoms with Crippen LogP contribution in [0.2, 0.25) is 0 Å². The number of aliphatic imine (C=N–C) groups is 1. The van der Waals surface area contributed by atoms with Crippen LogP contribution >= 0.6 is 0 Å². The first-order valence-corrected chi connectivity index (χ1v) is 6.80. The zero-order valence-corrected chi connectivity index (χ0v) is 12.3. The molecular weight excluding hydrogens is 269 g/mol. The van der Waals surface area contributed by atoms with Gasteiger partial charge in [0.15, 0.2) is 0 Å². The Kier molecular flexibility index (Phi) is 8.01. The van der Waals surface area contributed by atoms with Crippen LogP contribution in [0.1, 0.15) is 19.8 Å². The number of hydrazine groups is 1. The van der Waals surface area contributed by atoms with Gasteiger partial charge in [0.1, 0.15) is 11.9 Å². The molecule has 1 aliphatic heterocycles. The van der Waals surface area contributed by atoms with Crippen molar-refractivity contribution in [1.29, 1.82) is 0 Å². The Morgan fingerprint density at radius 2 is 2.24 bits per heavy atom. The molecule has 0 aromatic heterocycles. The SMILES string of the molecule is C=C(F)/C=C\CC/C=C\COC1C=NC=C(NN)C(C)=C1. The lowest BCUT2D eigenvalue weighted by atomic mass is 10.2. The summed E-state index contributed by atoms with van der Waals surface area (Å²) in [4.78, 5) is 4.13. The molecule has 0 saturated heterocycles. The Morgan fingerprint density at radius 3 is 2.95 bits per heavy atom. The minimum absolute atomic E-state index is 0.175. The summed E-state index contributed by atoms with van der Waals surface area (Å²) in [7, 11) is 0. The predicted molar refractivity (Wildman–Crippen MR) is 85.2 cm³/mol. The average Bonchev–Trinajstić information content (AvgIpc) is 2.62. The first-order valence-electron chi connectivity index (χ1n) is 6.80. The maximum Gasteiger partial charge on any atom is 0.115 e. The Balaban J connectivity index is 2.27. The molecular formula is C16H22FN3O. The third-order valence-corrected chi connectivity index (χ3v) is 2.78. The van der Waals surface area contributed by atoms with Crippen LogP contribution in [0.3, 0.4) is 0 Å². The summed E-state index contributed by atoms with van der Waals surface area (Å²) in [5, 5.41) is 0. The highest BCUT2D eigenvalue weighted by Gasteiger charge is 2.07. The molecule has 1 heterocycles. The van der Waals surface area contributed by atoms with Crippen LogP contribution in [0.5, 0.6) is 0 Å². The predicted octanol–water partition coefficient (Wildman–Crippen LogP) is 3.08. The Bertz CT molecular complexity index is 490. The van der Waals surface area contributed by atoms with E-state index >= 15 is 0 Å². The van der Waals surface area contributed by atoms with E-state index in [0.29, 0.717) is 6.61 Å². The van der Waals surface area contributed by atoms with E-state index in [1.807, 2.05) is 25.2 Å². The number of allylic oxidation sites excluding steroid dienone is 5. The lowest BCUT2D eigenvalue weighted by molar-refractivity contribution is 0.157. The minimum Gasteiger partial charge on any atom is -0.364 e. The second kappa shape index (κ2) is 9.85. The van der Waals surface area contributed by atoms with E-state index in [1.54, 1.807) is 18.5 Å². The highest BCUT2D eigenvalue weighted by Crippen LogP contribution is 2.10. The zero-order chi connectivity index (χ0) is 15.5. The molecule has 0 radical (unpaired) electrons. The van der Waals surface area contributed by atoms with Crippen molar-refractivity contribution in [1.82, 2.24) is 5.43 Å². The zero-order valence-electron chi connectivity index (χ0n) is 12.3. The van der Waals surface area contributed by atoms with E-state index in [1.165, 1.54) is 6.08 Å². The molecule has 0 saturated carbocycles. The summed E-state index contributed by atoms with van der Waals surface area (Å²) in [5.74, 6) is 4.97. The first-order chi connectivity index (χ1) is 10.1. The third-order valence-electron chi connectivity index (χ3n) is 2.78. The molecule has 1 atom stereocenters. The second-order valence-corrected chi connectivity index (χ2v) is 4.53. The molecule has 5 heteroatoms. The van der Waals surface area contributed by atoms with E-state index in [2.05, 4.69) is 17.0 Å². The van der Waals surface area contributed by atoms with Crippen LogP contribution < -0.4 is 11.3 Å². The van der Waals surface area contributed by atoms with Gasteiger partial charge >= 0.3 is 0 Å². The first kappa shape index (κ1) is 17.1. The Hall–Kier alpha value is -1.98. The number of ether oxygens (including phenoxy) is 1. The number of nitrogens with zero attached hydrogens (tertiary/aromatic N) is 1. The van der Waals surface area contributed by atoms with Gasteiger partial charge in [-0.1, -0.05) is 24.8 Å². The maximum absolute atomic E-state index is 12.3. The van der Waals surface area contributed by atoms with E-state index < -0.39 is 5.83 Å². The molecule has 21 heavy (non-hydrogen) atoms. The summed E-state index contributed by atoms with van der Waals surface area (Å²) in [6, 6.07) is 0. The number of rotatable bonds is 8. The summed E-state index contributed by atoms with van der Waals surface area (Å²) >= 11 is 0. The van der Waals surface area contributed by atoms with Crippen LogP contribution in [-0.2, 0) is 4.74 Å². The fourth-order valence-corrected chi connectivity index (χ4v) is 1.68. The normalized spacial score (nSPS) is 18.7. The molecule has 0 fully saturated rings. The summed E-state index contributed by atoms with van der Waals surface area (Å²) in [6.45, 7) is 5.59. The van der Waals surface area contributed by atoms with Crippen molar-refractivity contribution in [3.8, 4) is 0 Å². The van der Waals surface area contributed by atoms with E-state index in [-0.39, 0.29) is 6.10 Å². The topological polar surface area (TPSA) is 59.6 Å². The van der Waals surface area contributed by atoms with Gasteiger partial charge in [-0.05, 0) is 37.5 Å². The number of nitrogens with two attached hydrogens (primary N) is 1. The minimum atomic E-state index is -0.419. The van der Waals surface area contributed by atoms with Gasteiger partial charge < -0.3 is 10.2 Å². The number of hydrogen-bond donors (Lipinski definition) is 2. The number of hydrogen-bond acceptors (Lipinski definition) is 4. The monoisotopic (exact) mass is 291 g/mol. The van der Waals surface area contributed by atoms with Crippen molar-refractivity contribution in [2.45, 2.75) is 25.9 Å².